The molecule has 36 heavy (non-hydrogen) atoms. The van der Waals surface area contributed by atoms with Crippen LogP contribution in [0.3, 0.4) is 0 Å². The number of aromatic nitrogens is 3. The number of piperazine rings is 1. The van der Waals surface area contributed by atoms with Crippen LogP contribution in [-0.2, 0) is 4.79 Å². The molecule has 0 saturated carbocycles. The van der Waals surface area contributed by atoms with Crippen LogP contribution < -0.4 is 9.64 Å². The maximum Gasteiger partial charge on any atom is 0.233 e. The van der Waals surface area contributed by atoms with Crippen molar-refractivity contribution >= 4 is 23.4 Å². The van der Waals surface area contributed by atoms with E-state index in [9.17, 15) is 4.79 Å². The van der Waals surface area contributed by atoms with Crippen LogP contribution in [0.4, 0.5) is 5.69 Å². The van der Waals surface area contributed by atoms with Crippen LogP contribution in [0.2, 0.25) is 0 Å². The second-order valence-corrected chi connectivity index (χ2v) is 9.64. The first-order valence-electron chi connectivity index (χ1n) is 12.0. The molecule has 0 aliphatic carbocycles. The highest BCUT2D eigenvalue weighted by Gasteiger charge is 2.23. The molecule has 0 radical (unpaired) electrons. The number of carbonyl (C=O) groups excluding carboxylic acids is 1. The topological polar surface area (TPSA) is 63.5 Å². The summed E-state index contributed by atoms with van der Waals surface area (Å²) in [5.74, 6) is 2.05. The average Bonchev–Trinajstić information content (AvgIpc) is 3.37. The number of hydrogen-bond acceptors (Lipinski definition) is 6. The quantitative estimate of drug-likeness (QED) is 0.344. The Morgan fingerprint density at radius 2 is 1.53 bits per heavy atom. The van der Waals surface area contributed by atoms with Gasteiger partial charge in [0, 0.05) is 43.1 Å². The maximum absolute atomic E-state index is 13.1. The van der Waals surface area contributed by atoms with Gasteiger partial charge < -0.3 is 14.5 Å². The highest BCUT2D eigenvalue weighted by Crippen LogP contribution is 2.28. The lowest BCUT2D eigenvalue weighted by Crippen LogP contribution is -2.49. The molecule has 1 saturated heterocycles. The molecule has 0 N–H and O–H groups in total. The van der Waals surface area contributed by atoms with Gasteiger partial charge in [0.15, 0.2) is 11.0 Å². The number of thioether (sulfide) groups is 1. The van der Waals surface area contributed by atoms with Crippen LogP contribution in [0.15, 0.2) is 84.0 Å². The summed E-state index contributed by atoms with van der Waals surface area (Å²) in [5, 5.41) is 9.66. The molecule has 8 heteroatoms. The molecule has 0 bridgehead atoms. The van der Waals surface area contributed by atoms with Crippen molar-refractivity contribution in [2.75, 3.05) is 43.9 Å². The van der Waals surface area contributed by atoms with Gasteiger partial charge in [0.1, 0.15) is 5.75 Å². The Morgan fingerprint density at radius 3 is 2.19 bits per heavy atom. The van der Waals surface area contributed by atoms with E-state index in [1.165, 1.54) is 17.3 Å². The van der Waals surface area contributed by atoms with E-state index >= 15 is 0 Å². The van der Waals surface area contributed by atoms with E-state index < -0.39 is 0 Å². The van der Waals surface area contributed by atoms with E-state index in [2.05, 4.69) is 58.4 Å². The molecule has 1 amide bonds. The number of carbonyl (C=O) groups is 1. The van der Waals surface area contributed by atoms with Crippen molar-refractivity contribution in [3.05, 3.63) is 84.4 Å². The number of hydrogen-bond donors (Lipinski definition) is 0. The predicted molar refractivity (Wildman–Crippen MR) is 144 cm³/mol. The zero-order valence-electron chi connectivity index (χ0n) is 20.5. The van der Waals surface area contributed by atoms with Crippen LogP contribution >= 0.6 is 11.8 Å². The molecule has 0 atom stereocenters. The SMILES string of the molecule is COc1ccc(N2CCN(C(=O)CSc3nnc(-c4ccccc4)n3-c3ccc(C)cc3)CC2)cc1. The monoisotopic (exact) mass is 499 g/mol. The largest absolute Gasteiger partial charge is 0.497 e. The maximum atomic E-state index is 13.1. The Morgan fingerprint density at radius 1 is 0.861 bits per heavy atom. The molecule has 1 aromatic heterocycles. The van der Waals surface area contributed by atoms with Gasteiger partial charge in [-0.3, -0.25) is 9.36 Å². The third-order valence-electron chi connectivity index (χ3n) is 6.35. The second-order valence-electron chi connectivity index (χ2n) is 8.70. The molecule has 2 heterocycles. The molecule has 4 aromatic rings. The van der Waals surface area contributed by atoms with E-state index in [4.69, 9.17) is 4.74 Å². The minimum atomic E-state index is 0.120. The summed E-state index contributed by atoms with van der Waals surface area (Å²) in [6, 6.07) is 26.4. The number of methoxy groups -OCH3 is 1. The molecular weight excluding hydrogens is 470 g/mol. The summed E-state index contributed by atoms with van der Waals surface area (Å²) in [6.07, 6.45) is 0. The van der Waals surface area contributed by atoms with Crippen molar-refractivity contribution in [2.24, 2.45) is 0 Å². The van der Waals surface area contributed by atoms with Gasteiger partial charge in [-0.25, -0.2) is 0 Å². The van der Waals surface area contributed by atoms with E-state index in [0.29, 0.717) is 24.0 Å². The highest BCUT2D eigenvalue weighted by molar-refractivity contribution is 7.99. The molecule has 5 rings (SSSR count). The van der Waals surface area contributed by atoms with Gasteiger partial charge >= 0.3 is 0 Å². The summed E-state index contributed by atoms with van der Waals surface area (Å²) >= 11 is 1.44. The van der Waals surface area contributed by atoms with Crippen molar-refractivity contribution in [1.29, 1.82) is 0 Å². The number of aryl methyl sites for hydroxylation is 1. The zero-order valence-corrected chi connectivity index (χ0v) is 21.3. The molecule has 7 nitrogen and oxygen atoms in total. The van der Waals surface area contributed by atoms with Crippen molar-refractivity contribution in [1.82, 2.24) is 19.7 Å². The van der Waals surface area contributed by atoms with Gasteiger partial charge in [0.2, 0.25) is 5.91 Å². The second kappa shape index (κ2) is 10.9. The standard InChI is InChI=1S/C28H29N5O2S/c1-21-8-10-24(11-9-21)33-27(22-6-4-3-5-7-22)29-30-28(33)36-20-26(34)32-18-16-31(17-19-32)23-12-14-25(35-2)15-13-23/h3-15H,16-20H2,1-2H3. The van der Waals surface area contributed by atoms with Crippen molar-refractivity contribution in [3.8, 4) is 22.8 Å². The fraction of sp³-hybridized carbons (Fsp3) is 0.250. The molecule has 1 aliphatic rings. The highest BCUT2D eigenvalue weighted by atomic mass is 32.2. The summed E-state index contributed by atoms with van der Waals surface area (Å²) in [6.45, 7) is 5.08. The van der Waals surface area contributed by atoms with Crippen LogP contribution in [0.25, 0.3) is 17.1 Å². The molecule has 0 spiro atoms. The first kappa shape index (κ1) is 23.9. The normalized spacial score (nSPS) is 13.6. The van der Waals surface area contributed by atoms with E-state index in [-0.39, 0.29) is 5.91 Å². The Bertz CT molecular complexity index is 1300. The lowest BCUT2D eigenvalue weighted by Gasteiger charge is -2.36. The van der Waals surface area contributed by atoms with Crippen molar-refractivity contribution < 1.29 is 9.53 Å². The molecule has 3 aromatic carbocycles. The van der Waals surface area contributed by atoms with Crippen molar-refractivity contribution in [3.63, 3.8) is 0 Å². The lowest BCUT2D eigenvalue weighted by atomic mass is 10.2. The van der Waals surface area contributed by atoms with Gasteiger partial charge in [-0.1, -0.05) is 59.8 Å². The number of anilines is 1. The number of nitrogens with zero attached hydrogens (tertiary/aromatic N) is 5. The van der Waals surface area contributed by atoms with E-state index in [0.717, 1.165) is 41.6 Å². The summed E-state index contributed by atoms with van der Waals surface area (Å²) in [5.41, 5.74) is 4.30. The minimum absolute atomic E-state index is 0.120. The Kier molecular flexibility index (Phi) is 7.23. The van der Waals surface area contributed by atoms with Crippen LogP contribution in [0.1, 0.15) is 5.56 Å². The molecular formula is C28H29N5O2S. The van der Waals surface area contributed by atoms with E-state index in [1.807, 2.05) is 51.9 Å². The number of rotatable bonds is 7. The zero-order chi connectivity index (χ0) is 24.9. The van der Waals surface area contributed by atoms with Gasteiger partial charge in [0.05, 0.1) is 12.9 Å². The Hall–Kier alpha value is -3.78. The summed E-state index contributed by atoms with van der Waals surface area (Å²) < 4.78 is 7.29. The number of benzene rings is 3. The Labute approximate surface area is 215 Å². The van der Waals surface area contributed by atoms with Crippen molar-refractivity contribution in [2.45, 2.75) is 12.1 Å². The summed E-state index contributed by atoms with van der Waals surface area (Å²) in [4.78, 5) is 17.3. The average molecular weight is 500 g/mol. The summed E-state index contributed by atoms with van der Waals surface area (Å²) in [7, 11) is 1.67. The predicted octanol–water partition coefficient (Wildman–Crippen LogP) is 4.69. The Balaban J connectivity index is 1.26. The van der Waals surface area contributed by atoms with Gasteiger partial charge in [-0.15, -0.1) is 10.2 Å². The molecule has 1 aliphatic heterocycles. The minimum Gasteiger partial charge on any atom is -0.497 e. The fourth-order valence-corrected chi connectivity index (χ4v) is 5.14. The third kappa shape index (κ3) is 5.23. The van der Waals surface area contributed by atoms with Gasteiger partial charge in [-0.2, -0.15) is 0 Å². The van der Waals surface area contributed by atoms with Crippen LogP contribution in [-0.4, -0.2) is 64.6 Å². The number of ether oxygens (including phenoxy) is 1. The van der Waals surface area contributed by atoms with Gasteiger partial charge in [-0.05, 0) is 43.3 Å². The van der Waals surface area contributed by atoms with Gasteiger partial charge in [0.25, 0.3) is 0 Å². The number of amides is 1. The smallest absolute Gasteiger partial charge is 0.233 e. The third-order valence-corrected chi connectivity index (χ3v) is 7.27. The molecule has 1 fully saturated rings. The fourth-order valence-electron chi connectivity index (χ4n) is 4.29. The first-order valence-corrected chi connectivity index (χ1v) is 13.0. The molecule has 0 unspecified atom stereocenters. The van der Waals surface area contributed by atoms with E-state index in [1.54, 1.807) is 7.11 Å². The van der Waals surface area contributed by atoms with Crippen LogP contribution in [0.5, 0.6) is 5.75 Å². The molecule has 184 valence electrons. The first-order chi connectivity index (χ1) is 17.6. The van der Waals surface area contributed by atoms with Crippen LogP contribution in [0, 0.1) is 6.92 Å². The lowest BCUT2D eigenvalue weighted by molar-refractivity contribution is -0.128.